The molecular weight excluding hydrogens is 364 g/mol. The fraction of sp³-hybridized carbons (Fsp3) is 0.526. The summed E-state index contributed by atoms with van der Waals surface area (Å²) in [5.74, 6) is 1.20. The third-order valence-corrected chi connectivity index (χ3v) is 5.85. The summed E-state index contributed by atoms with van der Waals surface area (Å²) < 4.78 is 9.50. The number of hydrogen-bond acceptors (Lipinski definition) is 5. The van der Waals surface area contributed by atoms with E-state index in [2.05, 4.69) is 16.7 Å². The monoisotopic (exact) mass is 389 g/mol. The van der Waals surface area contributed by atoms with Gasteiger partial charge in [-0.3, -0.25) is 4.57 Å². The van der Waals surface area contributed by atoms with Crippen LogP contribution in [-0.2, 0) is 22.7 Å². The zero-order chi connectivity index (χ0) is 19.0. The molecule has 0 spiro atoms. The minimum atomic E-state index is -0.507. The standard InChI is InChI=1S/C19H24N4O3S/c1-26-18(25)16-9-15(24)11-21(16)12-23-19(27)22(17(20-23)14-7-8-14)10-13-5-3-2-4-6-13/h2-6,14-16,24H,7-12H2,1H3/p+1/t15-,16-/m0/s1. The van der Waals surface area contributed by atoms with Crippen molar-refractivity contribution in [2.24, 2.45) is 0 Å². The second-order valence-corrected chi connectivity index (χ2v) is 7.84. The van der Waals surface area contributed by atoms with Gasteiger partial charge in [0.15, 0.2) is 12.7 Å². The molecule has 2 fully saturated rings. The van der Waals surface area contributed by atoms with Crippen LogP contribution in [0.5, 0.6) is 0 Å². The Labute approximate surface area is 163 Å². The van der Waals surface area contributed by atoms with Crippen LogP contribution in [0.25, 0.3) is 0 Å². The van der Waals surface area contributed by atoms with Gasteiger partial charge < -0.3 is 14.7 Å². The quantitative estimate of drug-likeness (QED) is 0.556. The Hall–Kier alpha value is -2.03. The van der Waals surface area contributed by atoms with Crippen molar-refractivity contribution in [1.82, 2.24) is 14.3 Å². The van der Waals surface area contributed by atoms with E-state index in [9.17, 15) is 9.90 Å². The number of nitrogens with zero attached hydrogens (tertiary/aromatic N) is 3. The van der Waals surface area contributed by atoms with Gasteiger partial charge in [0, 0.05) is 12.3 Å². The number of aliphatic hydroxyl groups is 1. The number of rotatable bonds is 6. The lowest BCUT2D eigenvalue weighted by molar-refractivity contribution is -0.928. The van der Waals surface area contributed by atoms with Crippen LogP contribution >= 0.6 is 12.2 Å². The molecule has 2 aromatic rings. The molecule has 1 aromatic carbocycles. The van der Waals surface area contributed by atoms with E-state index < -0.39 is 6.10 Å². The Morgan fingerprint density at radius 1 is 1.37 bits per heavy atom. The van der Waals surface area contributed by atoms with Gasteiger partial charge in [-0.25, -0.2) is 4.79 Å². The highest BCUT2D eigenvalue weighted by Crippen LogP contribution is 2.39. The van der Waals surface area contributed by atoms with E-state index in [0.717, 1.165) is 23.6 Å². The molecule has 0 bridgehead atoms. The van der Waals surface area contributed by atoms with E-state index in [4.69, 9.17) is 22.1 Å². The van der Waals surface area contributed by atoms with E-state index in [-0.39, 0.29) is 12.0 Å². The number of nitrogens with one attached hydrogen (secondary N) is 1. The number of ether oxygens (including phenoxy) is 1. The van der Waals surface area contributed by atoms with Crippen molar-refractivity contribution >= 4 is 18.2 Å². The number of esters is 1. The van der Waals surface area contributed by atoms with Crippen LogP contribution < -0.4 is 4.90 Å². The second-order valence-electron chi connectivity index (χ2n) is 7.47. The topological polar surface area (TPSA) is 73.7 Å². The third-order valence-electron chi connectivity index (χ3n) is 5.41. The molecule has 2 aliphatic rings. The first kappa shape index (κ1) is 18.3. The zero-order valence-corrected chi connectivity index (χ0v) is 16.2. The van der Waals surface area contributed by atoms with Crippen LogP contribution in [0.2, 0.25) is 0 Å². The van der Waals surface area contributed by atoms with E-state index in [0.29, 0.717) is 36.9 Å². The fourth-order valence-corrected chi connectivity index (χ4v) is 4.12. The molecule has 4 rings (SSSR count). The van der Waals surface area contributed by atoms with Gasteiger partial charge in [-0.15, -0.1) is 0 Å². The van der Waals surface area contributed by atoms with Crippen LogP contribution in [0, 0.1) is 4.77 Å². The summed E-state index contributed by atoms with van der Waals surface area (Å²) in [5, 5.41) is 14.8. The molecule has 144 valence electrons. The zero-order valence-electron chi connectivity index (χ0n) is 15.4. The Morgan fingerprint density at radius 2 is 2.11 bits per heavy atom. The Morgan fingerprint density at radius 3 is 2.78 bits per heavy atom. The number of aliphatic hydroxyl groups excluding tert-OH is 1. The van der Waals surface area contributed by atoms with Gasteiger partial charge in [-0.05, 0) is 30.6 Å². The van der Waals surface area contributed by atoms with Gasteiger partial charge in [-0.2, -0.15) is 9.78 Å². The molecule has 2 heterocycles. The molecule has 27 heavy (non-hydrogen) atoms. The van der Waals surface area contributed by atoms with Crippen molar-refractivity contribution in [2.75, 3.05) is 13.7 Å². The molecule has 7 nitrogen and oxygen atoms in total. The number of carbonyl (C=O) groups is 1. The van der Waals surface area contributed by atoms with Gasteiger partial charge >= 0.3 is 5.97 Å². The maximum Gasteiger partial charge on any atom is 0.364 e. The molecule has 0 amide bonds. The molecule has 8 heteroatoms. The molecule has 1 aliphatic carbocycles. The predicted molar refractivity (Wildman–Crippen MR) is 101 cm³/mol. The molecule has 0 radical (unpaired) electrons. The Bertz CT molecular complexity index is 875. The maximum atomic E-state index is 12.1. The summed E-state index contributed by atoms with van der Waals surface area (Å²) in [6.45, 7) is 1.65. The minimum Gasteiger partial charge on any atom is -0.465 e. The van der Waals surface area contributed by atoms with Crippen LogP contribution in [0.3, 0.4) is 0 Å². The van der Waals surface area contributed by atoms with Crippen molar-refractivity contribution in [2.45, 2.75) is 50.5 Å². The number of benzene rings is 1. The van der Waals surface area contributed by atoms with Gasteiger partial charge in [0.2, 0.25) is 4.77 Å². The van der Waals surface area contributed by atoms with Gasteiger partial charge in [-0.1, -0.05) is 30.3 Å². The van der Waals surface area contributed by atoms with Crippen LogP contribution in [-0.4, -0.2) is 51.2 Å². The summed E-state index contributed by atoms with van der Waals surface area (Å²) in [4.78, 5) is 13.0. The fourth-order valence-electron chi connectivity index (χ4n) is 3.86. The number of carbonyl (C=O) groups excluding carboxylic acids is 1. The van der Waals surface area contributed by atoms with E-state index in [1.54, 1.807) is 0 Å². The average molecular weight is 390 g/mol. The number of aromatic nitrogens is 3. The van der Waals surface area contributed by atoms with Gasteiger partial charge in [0.05, 0.1) is 13.7 Å². The van der Waals surface area contributed by atoms with Crippen molar-refractivity contribution < 1.29 is 19.5 Å². The maximum absolute atomic E-state index is 12.1. The first-order chi connectivity index (χ1) is 13.1. The molecule has 1 aromatic heterocycles. The van der Waals surface area contributed by atoms with E-state index in [1.165, 1.54) is 12.7 Å². The number of quaternary nitrogens is 1. The summed E-state index contributed by atoms with van der Waals surface area (Å²) in [5.41, 5.74) is 1.19. The molecule has 1 saturated carbocycles. The summed E-state index contributed by atoms with van der Waals surface area (Å²) in [7, 11) is 1.39. The lowest BCUT2D eigenvalue weighted by Gasteiger charge is -2.18. The van der Waals surface area contributed by atoms with E-state index >= 15 is 0 Å². The second kappa shape index (κ2) is 7.53. The summed E-state index contributed by atoms with van der Waals surface area (Å²) in [6, 6.07) is 9.85. The highest BCUT2D eigenvalue weighted by atomic mass is 32.1. The van der Waals surface area contributed by atoms with Crippen LogP contribution in [0.1, 0.15) is 36.6 Å². The molecule has 3 atom stereocenters. The molecule has 1 unspecified atom stereocenters. The molecule has 1 aliphatic heterocycles. The lowest BCUT2D eigenvalue weighted by Crippen LogP contribution is -3.14. The Kier molecular flexibility index (Phi) is 5.12. The number of hydrogen-bond donors (Lipinski definition) is 2. The molecule has 2 N–H and O–H groups in total. The number of likely N-dealkylation sites (tertiary alicyclic amines) is 1. The van der Waals surface area contributed by atoms with Crippen molar-refractivity contribution in [3.8, 4) is 0 Å². The summed E-state index contributed by atoms with van der Waals surface area (Å²) in [6.07, 6.45) is 2.18. The highest BCUT2D eigenvalue weighted by Gasteiger charge is 2.41. The largest absolute Gasteiger partial charge is 0.465 e. The molecular formula is C19H25N4O3S+. The average Bonchev–Trinajstić information content (AvgIpc) is 3.39. The predicted octanol–water partition coefficient (Wildman–Crippen LogP) is 0.488. The van der Waals surface area contributed by atoms with Crippen LogP contribution in [0.4, 0.5) is 0 Å². The van der Waals surface area contributed by atoms with Crippen molar-refractivity contribution in [1.29, 1.82) is 0 Å². The number of methoxy groups -OCH3 is 1. The van der Waals surface area contributed by atoms with Crippen molar-refractivity contribution in [3.63, 3.8) is 0 Å². The third kappa shape index (κ3) is 3.83. The summed E-state index contributed by atoms with van der Waals surface area (Å²) >= 11 is 5.73. The normalized spacial score (nSPS) is 24.9. The van der Waals surface area contributed by atoms with Crippen molar-refractivity contribution in [3.05, 3.63) is 46.5 Å². The lowest BCUT2D eigenvalue weighted by atomic mass is 10.2. The smallest absolute Gasteiger partial charge is 0.364 e. The minimum absolute atomic E-state index is 0.292. The van der Waals surface area contributed by atoms with Crippen LogP contribution in [0.15, 0.2) is 30.3 Å². The molecule has 1 saturated heterocycles. The Balaban J connectivity index is 1.61. The SMILES string of the molecule is COC(=O)[C@@H]1C[C@H](O)C[NH+]1Cn1nc(C2CC2)n(Cc2ccccc2)c1=S. The highest BCUT2D eigenvalue weighted by molar-refractivity contribution is 7.71. The first-order valence-corrected chi connectivity index (χ1v) is 9.79. The first-order valence-electron chi connectivity index (χ1n) is 9.38. The van der Waals surface area contributed by atoms with Gasteiger partial charge in [0.1, 0.15) is 18.5 Å². The van der Waals surface area contributed by atoms with Gasteiger partial charge in [0.25, 0.3) is 0 Å². The van der Waals surface area contributed by atoms with E-state index in [1.807, 2.05) is 22.9 Å².